The molecule has 8 aromatic carbocycles. The van der Waals surface area contributed by atoms with Gasteiger partial charge in [0.2, 0.25) is 0 Å². The Balaban J connectivity index is 1.13. The van der Waals surface area contributed by atoms with E-state index in [1.54, 1.807) is 0 Å². The number of nitrogens with zero attached hydrogens (tertiary/aromatic N) is 3. The van der Waals surface area contributed by atoms with E-state index >= 15 is 0 Å². The lowest BCUT2D eigenvalue weighted by molar-refractivity contribution is 1.16. The number of hydrogen-bond donors (Lipinski definition) is 0. The molecule has 0 aliphatic rings. The lowest BCUT2D eigenvalue weighted by Gasteiger charge is -2.16. The van der Waals surface area contributed by atoms with Gasteiger partial charge in [0.1, 0.15) is 0 Å². The van der Waals surface area contributed by atoms with Gasteiger partial charge >= 0.3 is 0 Å². The highest BCUT2D eigenvalue weighted by atomic mass is 15.0. The molecule has 11 aromatic rings. The van der Waals surface area contributed by atoms with Gasteiger partial charge < -0.3 is 13.7 Å². The van der Waals surface area contributed by atoms with E-state index < -0.39 is 0 Å². The number of hydrogen-bond acceptors (Lipinski definition) is 0. The normalized spacial score (nSPS) is 11.9. The standard InChI is InChI=1S/C48H31N3/c1-7-22-42(35(16-1)32-14-13-15-33(30-32)49-43-23-8-2-17-36(43)37-18-3-9-24-44(37)49)51-47-27-12-6-21-40(47)41-31-34(28-29-48(41)51)50-45-25-10-4-19-38(45)39-20-5-11-26-46(39)50/h1-31H. The molecule has 0 fully saturated rings. The lowest BCUT2D eigenvalue weighted by Crippen LogP contribution is -1.99. The maximum absolute atomic E-state index is 2.45. The van der Waals surface area contributed by atoms with Gasteiger partial charge in [-0.25, -0.2) is 0 Å². The van der Waals surface area contributed by atoms with Gasteiger partial charge in [-0.3, -0.25) is 0 Å². The summed E-state index contributed by atoms with van der Waals surface area (Å²) in [5.41, 5.74) is 13.1. The van der Waals surface area contributed by atoms with Crippen molar-refractivity contribution in [3.05, 3.63) is 188 Å². The number of fused-ring (bicyclic) bond motifs is 9. The molecule has 0 aliphatic heterocycles. The quantitative estimate of drug-likeness (QED) is 0.180. The first-order valence-electron chi connectivity index (χ1n) is 17.5. The third kappa shape index (κ3) is 4.06. The highest BCUT2D eigenvalue weighted by molar-refractivity contribution is 6.13. The van der Waals surface area contributed by atoms with Crippen molar-refractivity contribution in [2.75, 3.05) is 0 Å². The summed E-state index contributed by atoms with van der Waals surface area (Å²) in [4.78, 5) is 0. The van der Waals surface area contributed by atoms with Crippen LogP contribution in [0.4, 0.5) is 0 Å². The molecule has 0 saturated heterocycles. The molecule has 0 atom stereocenters. The van der Waals surface area contributed by atoms with Crippen LogP contribution in [0, 0.1) is 0 Å². The fourth-order valence-corrected chi connectivity index (χ4v) is 8.49. The second-order valence-electron chi connectivity index (χ2n) is 13.4. The van der Waals surface area contributed by atoms with Gasteiger partial charge in [-0.2, -0.15) is 0 Å². The van der Waals surface area contributed by atoms with E-state index in [9.17, 15) is 0 Å². The minimum Gasteiger partial charge on any atom is -0.309 e. The van der Waals surface area contributed by atoms with Crippen LogP contribution in [-0.2, 0) is 0 Å². The maximum atomic E-state index is 2.45. The van der Waals surface area contributed by atoms with E-state index in [-0.39, 0.29) is 0 Å². The largest absolute Gasteiger partial charge is 0.309 e. The van der Waals surface area contributed by atoms with Crippen LogP contribution in [-0.4, -0.2) is 13.7 Å². The van der Waals surface area contributed by atoms with Crippen molar-refractivity contribution >= 4 is 65.4 Å². The molecule has 0 unspecified atom stereocenters. The van der Waals surface area contributed by atoms with E-state index in [2.05, 4.69) is 202 Å². The Morgan fingerprint density at radius 3 is 1.22 bits per heavy atom. The SMILES string of the molecule is c1cc(-c2ccccc2-n2c3ccccc3c3cc(-n4c5ccccc5c5ccccc54)ccc32)cc(-n2c3ccccc3c3ccccc32)c1. The predicted molar refractivity (Wildman–Crippen MR) is 215 cm³/mol. The molecule has 51 heavy (non-hydrogen) atoms. The lowest BCUT2D eigenvalue weighted by atomic mass is 10.0. The first-order valence-corrected chi connectivity index (χ1v) is 17.5. The van der Waals surface area contributed by atoms with Gasteiger partial charge in [-0.1, -0.05) is 121 Å². The summed E-state index contributed by atoms with van der Waals surface area (Å²) in [5.74, 6) is 0. The summed E-state index contributed by atoms with van der Waals surface area (Å²) in [6, 6.07) is 68.4. The van der Waals surface area contributed by atoms with Crippen LogP contribution >= 0.6 is 0 Å². The smallest absolute Gasteiger partial charge is 0.0542 e. The molecule has 238 valence electrons. The van der Waals surface area contributed by atoms with Crippen LogP contribution in [0.5, 0.6) is 0 Å². The van der Waals surface area contributed by atoms with E-state index in [0.29, 0.717) is 0 Å². The molecule has 11 rings (SSSR count). The average Bonchev–Trinajstić information content (AvgIpc) is 3.84. The average molecular weight is 650 g/mol. The summed E-state index contributed by atoms with van der Waals surface area (Å²) in [6.45, 7) is 0. The molecular formula is C48H31N3. The molecule has 0 radical (unpaired) electrons. The molecule has 3 aromatic heterocycles. The van der Waals surface area contributed by atoms with Gasteiger partial charge in [0.05, 0.1) is 38.8 Å². The van der Waals surface area contributed by atoms with Crippen LogP contribution in [0.2, 0.25) is 0 Å². The first kappa shape index (κ1) is 28.0. The summed E-state index contributed by atoms with van der Waals surface area (Å²) < 4.78 is 7.25. The van der Waals surface area contributed by atoms with Crippen molar-refractivity contribution in [2.24, 2.45) is 0 Å². The van der Waals surface area contributed by atoms with Gasteiger partial charge in [-0.05, 0) is 72.3 Å². The van der Waals surface area contributed by atoms with Crippen molar-refractivity contribution in [3.63, 3.8) is 0 Å². The van der Waals surface area contributed by atoms with Gasteiger partial charge in [0.15, 0.2) is 0 Å². The molecule has 3 nitrogen and oxygen atoms in total. The molecule has 0 N–H and O–H groups in total. The highest BCUT2D eigenvalue weighted by Crippen LogP contribution is 2.40. The molecular weight excluding hydrogens is 619 g/mol. The maximum Gasteiger partial charge on any atom is 0.0542 e. The molecule has 3 heteroatoms. The van der Waals surface area contributed by atoms with Crippen LogP contribution in [0.1, 0.15) is 0 Å². The zero-order valence-electron chi connectivity index (χ0n) is 27.7. The van der Waals surface area contributed by atoms with Crippen molar-refractivity contribution < 1.29 is 0 Å². The second kappa shape index (κ2) is 10.8. The minimum atomic E-state index is 1.15. The Hall–Kier alpha value is -6.84. The molecule has 3 heterocycles. The summed E-state index contributed by atoms with van der Waals surface area (Å²) in [5, 5.41) is 7.55. The zero-order chi connectivity index (χ0) is 33.5. The molecule has 0 saturated carbocycles. The first-order chi connectivity index (χ1) is 25.3. The third-order valence-electron chi connectivity index (χ3n) is 10.6. The number of benzene rings is 8. The van der Waals surface area contributed by atoms with Crippen LogP contribution in [0.3, 0.4) is 0 Å². The number of aromatic nitrogens is 3. The fraction of sp³-hybridized carbons (Fsp3) is 0. The monoisotopic (exact) mass is 649 g/mol. The fourth-order valence-electron chi connectivity index (χ4n) is 8.49. The minimum absolute atomic E-state index is 1.15. The second-order valence-corrected chi connectivity index (χ2v) is 13.4. The van der Waals surface area contributed by atoms with E-state index in [1.165, 1.54) is 76.5 Å². The molecule has 0 aliphatic carbocycles. The van der Waals surface area contributed by atoms with E-state index in [4.69, 9.17) is 0 Å². The highest BCUT2D eigenvalue weighted by Gasteiger charge is 2.19. The van der Waals surface area contributed by atoms with Gasteiger partial charge in [0.25, 0.3) is 0 Å². The Bertz CT molecular complexity index is 3040. The summed E-state index contributed by atoms with van der Waals surface area (Å²) >= 11 is 0. The van der Waals surface area contributed by atoms with Gasteiger partial charge in [0, 0.05) is 49.3 Å². The van der Waals surface area contributed by atoms with Crippen molar-refractivity contribution in [2.45, 2.75) is 0 Å². The van der Waals surface area contributed by atoms with Crippen molar-refractivity contribution in [3.8, 4) is 28.2 Å². The predicted octanol–water partition coefficient (Wildman–Crippen LogP) is 12.6. The Morgan fingerprint density at radius 2 is 0.667 bits per heavy atom. The third-order valence-corrected chi connectivity index (χ3v) is 10.6. The summed E-state index contributed by atoms with van der Waals surface area (Å²) in [7, 11) is 0. The Morgan fingerprint density at radius 1 is 0.255 bits per heavy atom. The molecule has 0 spiro atoms. The van der Waals surface area contributed by atoms with Gasteiger partial charge in [-0.15, -0.1) is 0 Å². The molecule has 0 bridgehead atoms. The number of rotatable bonds is 4. The van der Waals surface area contributed by atoms with Crippen LogP contribution in [0.25, 0.3) is 93.6 Å². The van der Waals surface area contributed by atoms with Crippen LogP contribution < -0.4 is 0 Å². The van der Waals surface area contributed by atoms with Crippen LogP contribution in [0.15, 0.2) is 188 Å². The molecule has 0 amide bonds. The number of para-hydroxylation sites is 6. The Labute approximate surface area is 294 Å². The topological polar surface area (TPSA) is 14.8 Å². The Kier molecular flexibility index (Phi) is 5.96. The van der Waals surface area contributed by atoms with E-state index in [0.717, 1.165) is 17.1 Å². The van der Waals surface area contributed by atoms with Crippen molar-refractivity contribution in [1.29, 1.82) is 0 Å². The zero-order valence-corrected chi connectivity index (χ0v) is 27.7. The van der Waals surface area contributed by atoms with E-state index in [1.807, 2.05) is 0 Å². The summed E-state index contributed by atoms with van der Waals surface area (Å²) in [6.07, 6.45) is 0. The van der Waals surface area contributed by atoms with Crippen molar-refractivity contribution in [1.82, 2.24) is 13.7 Å².